The molecule has 2 N–H and O–H groups in total. The van der Waals surface area contributed by atoms with Crippen LogP contribution in [0.3, 0.4) is 0 Å². The van der Waals surface area contributed by atoms with E-state index < -0.39 is 15.4 Å². The third-order valence-corrected chi connectivity index (χ3v) is 5.82. The summed E-state index contributed by atoms with van der Waals surface area (Å²) in [6, 6.07) is 0. The average molecular weight is 351 g/mol. The fourth-order valence-electron chi connectivity index (χ4n) is 2.94. The van der Waals surface area contributed by atoms with Gasteiger partial charge >= 0.3 is 0 Å². The van der Waals surface area contributed by atoms with Gasteiger partial charge in [-0.2, -0.15) is 8.42 Å². The topological polar surface area (TPSA) is 74.6 Å². The van der Waals surface area contributed by atoms with Crippen LogP contribution in [0.2, 0.25) is 0 Å². The first-order valence-corrected chi connectivity index (χ1v) is 11.1. The van der Waals surface area contributed by atoms with Gasteiger partial charge in [-0.25, -0.2) is 0 Å². The zero-order chi connectivity index (χ0) is 17.6. The van der Waals surface area contributed by atoms with E-state index in [9.17, 15) is 18.1 Å². The average Bonchev–Trinajstić information content (AvgIpc) is 2.48. The van der Waals surface area contributed by atoms with E-state index in [0.29, 0.717) is 12.8 Å². The largest absolute Gasteiger partial charge is 0.393 e. The van der Waals surface area contributed by atoms with Crippen molar-refractivity contribution in [3.63, 3.8) is 0 Å². The Kier molecular flexibility index (Phi) is 14.2. The molecule has 23 heavy (non-hydrogen) atoms. The van der Waals surface area contributed by atoms with Gasteiger partial charge in [0.1, 0.15) is 0 Å². The summed E-state index contributed by atoms with van der Waals surface area (Å²) in [4.78, 5) is 0. The Morgan fingerprint density at radius 2 is 1.09 bits per heavy atom. The molecule has 0 saturated carbocycles. The van der Waals surface area contributed by atoms with Crippen LogP contribution in [0, 0.1) is 0 Å². The molecule has 0 aliphatic rings. The summed E-state index contributed by atoms with van der Waals surface area (Å²) in [5.41, 5.74) is 0. The molecule has 0 heterocycles. The molecule has 2 atom stereocenters. The van der Waals surface area contributed by atoms with Crippen molar-refractivity contribution in [3.05, 3.63) is 0 Å². The maximum Gasteiger partial charge on any atom is 0.267 e. The molecule has 0 spiro atoms. The molecule has 0 aromatic rings. The van der Waals surface area contributed by atoms with E-state index in [2.05, 4.69) is 13.8 Å². The quantitative estimate of drug-likeness (QED) is 0.300. The van der Waals surface area contributed by atoms with Crippen LogP contribution >= 0.6 is 0 Å². The SMILES string of the molecule is CCCCCCC(CCCCCC(O)CCCCC)S(=O)(=O)O. The maximum atomic E-state index is 11.4. The second-order valence-electron chi connectivity index (χ2n) is 6.77. The highest BCUT2D eigenvalue weighted by atomic mass is 32.2. The number of hydrogen-bond acceptors (Lipinski definition) is 3. The molecule has 140 valence electrons. The molecule has 0 fully saturated rings. The number of hydrogen-bond donors (Lipinski definition) is 2. The lowest BCUT2D eigenvalue weighted by molar-refractivity contribution is 0.147. The molecule has 4 nitrogen and oxygen atoms in total. The van der Waals surface area contributed by atoms with E-state index in [1.807, 2.05) is 0 Å². The zero-order valence-corrected chi connectivity index (χ0v) is 16.0. The second kappa shape index (κ2) is 14.2. The highest BCUT2D eigenvalue weighted by Crippen LogP contribution is 2.19. The van der Waals surface area contributed by atoms with E-state index in [-0.39, 0.29) is 6.10 Å². The van der Waals surface area contributed by atoms with Gasteiger partial charge in [0.2, 0.25) is 0 Å². The number of aliphatic hydroxyl groups excluding tert-OH is 1. The molecule has 0 aromatic heterocycles. The summed E-state index contributed by atoms with van der Waals surface area (Å²) in [6.45, 7) is 4.28. The van der Waals surface area contributed by atoms with Crippen molar-refractivity contribution in [2.45, 2.75) is 115 Å². The fraction of sp³-hybridized carbons (Fsp3) is 1.00. The van der Waals surface area contributed by atoms with Crippen molar-refractivity contribution in [1.82, 2.24) is 0 Å². The van der Waals surface area contributed by atoms with Crippen LogP contribution in [0.15, 0.2) is 0 Å². The van der Waals surface area contributed by atoms with E-state index in [1.165, 1.54) is 12.8 Å². The second-order valence-corrected chi connectivity index (χ2v) is 8.47. The Morgan fingerprint density at radius 3 is 1.57 bits per heavy atom. The Hall–Kier alpha value is -0.130. The van der Waals surface area contributed by atoms with E-state index in [4.69, 9.17) is 0 Å². The number of rotatable bonds is 16. The summed E-state index contributed by atoms with van der Waals surface area (Å²) >= 11 is 0. The normalized spacial score (nSPS) is 14.8. The van der Waals surface area contributed by atoms with Gasteiger partial charge in [-0.1, -0.05) is 78.1 Å². The van der Waals surface area contributed by atoms with Crippen LogP contribution in [-0.2, 0) is 10.1 Å². The maximum absolute atomic E-state index is 11.4. The highest BCUT2D eigenvalue weighted by molar-refractivity contribution is 7.86. The predicted octanol–water partition coefficient (Wildman–Crippen LogP) is 5.10. The molecule has 0 saturated heterocycles. The lowest BCUT2D eigenvalue weighted by atomic mass is 10.0. The first-order valence-electron chi connectivity index (χ1n) is 9.56. The Balaban J connectivity index is 3.82. The van der Waals surface area contributed by atoms with Crippen molar-refractivity contribution < 1.29 is 18.1 Å². The van der Waals surface area contributed by atoms with E-state index in [1.54, 1.807) is 0 Å². The molecule has 0 aliphatic heterocycles. The molecule has 5 heteroatoms. The number of unbranched alkanes of at least 4 members (excludes halogenated alkanes) is 7. The minimum atomic E-state index is -3.92. The summed E-state index contributed by atoms with van der Waals surface area (Å²) in [5, 5.41) is 9.24. The Morgan fingerprint density at radius 1 is 0.696 bits per heavy atom. The molecule has 0 aromatic carbocycles. The van der Waals surface area contributed by atoms with Crippen LogP contribution in [-0.4, -0.2) is 29.4 Å². The van der Waals surface area contributed by atoms with Gasteiger partial charge in [-0.05, 0) is 25.7 Å². The smallest absolute Gasteiger partial charge is 0.267 e. The van der Waals surface area contributed by atoms with Gasteiger partial charge in [-0.15, -0.1) is 0 Å². The van der Waals surface area contributed by atoms with Gasteiger partial charge < -0.3 is 5.11 Å². The van der Waals surface area contributed by atoms with Crippen molar-refractivity contribution in [3.8, 4) is 0 Å². The first-order chi connectivity index (χ1) is 10.9. The fourth-order valence-corrected chi connectivity index (χ4v) is 3.87. The predicted molar refractivity (Wildman–Crippen MR) is 97.3 cm³/mol. The van der Waals surface area contributed by atoms with Crippen LogP contribution in [0.4, 0.5) is 0 Å². The molecular weight excluding hydrogens is 312 g/mol. The Bertz CT molecular complexity index is 354. The third kappa shape index (κ3) is 14.0. The van der Waals surface area contributed by atoms with Crippen molar-refractivity contribution in [2.24, 2.45) is 0 Å². The van der Waals surface area contributed by atoms with Crippen molar-refractivity contribution in [1.29, 1.82) is 0 Å². The van der Waals surface area contributed by atoms with Gasteiger partial charge in [0.05, 0.1) is 11.4 Å². The van der Waals surface area contributed by atoms with E-state index in [0.717, 1.165) is 64.2 Å². The molecule has 0 rings (SSSR count). The van der Waals surface area contributed by atoms with Gasteiger partial charge in [-0.3, -0.25) is 4.55 Å². The molecular formula is C18H38O4S. The number of aliphatic hydroxyl groups is 1. The summed E-state index contributed by atoms with van der Waals surface area (Å²) in [5.74, 6) is 0. The first kappa shape index (κ1) is 22.9. The summed E-state index contributed by atoms with van der Waals surface area (Å²) in [6.07, 6.45) is 12.8. The molecule has 0 bridgehead atoms. The third-order valence-electron chi connectivity index (χ3n) is 4.51. The highest BCUT2D eigenvalue weighted by Gasteiger charge is 2.21. The van der Waals surface area contributed by atoms with Crippen LogP contribution in [0.25, 0.3) is 0 Å². The van der Waals surface area contributed by atoms with Crippen molar-refractivity contribution >= 4 is 10.1 Å². The molecule has 2 unspecified atom stereocenters. The minimum Gasteiger partial charge on any atom is -0.393 e. The summed E-state index contributed by atoms with van der Waals surface area (Å²) in [7, 11) is -3.92. The monoisotopic (exact) mass is 350 g/mol. The Labute approximate surface area is 143 Å². The summed E-state index contributed by atoms with van der Waals surface area (Å²) < 4.78 is 32.2. The van der Waals surface area contributed by atoms with Crippen LogP contribution in [0.5, 0.6) is 0 Å². The lowest BCUT2D eigenvalue weighted by Gasteiger charge is -2.14. The van der Waals surface area contributed by atoms with Crippen molar-refractivity contribution in [2.75, 3.05) is 0 Å². The van der Waals surface area contributed by atoms with Gasteiger partial charge in [0.15, 0.2) is 0 Å². The standard InChI is InChI=1S/C18H38O4S/c1-3-5-7-11-15-18(23(20,21)22)16-12-8-10-14-17(19)13-9-6-4-2/h17-19H,3-16H2,1-2H3,(H,20,21,22). The zero-order valence-electron chi connectivity index (χ0n) is 15.2. The minimum absolute atomic E-state index is 0.215. The van der Waals surface area contributed by atoms with Gasteiger partial charge in [0.25, 0.3) is 10.1 Å². The van der Waals surface area contributed by atoms with Crippen LogP contribution < -0.4 is 0 Å². The molecule has 0 aliphatic carbocycles. The molecule has 0 radical (unpaired) electrons. The van der Waals surface area contributed by atoms with Gasteiger partial charge in [0, 0.05) is 0 Å². The molecule has 0 amide bonds. The van der Waals surface area contributed by atoms with E-state index >= 15 is 0 Å². The lowest BCUT2D eigenvalue weighted by Crippen LogP contribution is -2.20. The van der Waals surface area contributed by atoms with Crippen LogP contribution in [0.1, 0.15) is 104 Å².